The first-order valence-electron chi connectivity index (χ1n) is 6.93. The van der Waals surface area contributed by atoms with Gasteiger partial charge in [-0.25, -0.2) is 0 Å². The summed E-state index contributed by atoms with van der Waals surface area (Å²) in [5.41, 5.74) is 0. The quantitative estimate of drug-likeness (QED) is 0.768. The van der Waals surface area contributed by atoms with Crippen LogP contribution < -0.4 is 0 Å². The lowest BCUT2D eigenvalue weighted by Gasteiger charge is -2.33. The van der Waals surface area contributed by atoms with Crippen LogP contribution in [0.25, 0.3) is 0 Å². The van der Waals surface area contributed by atoms with Crippen molar-refractivity contribution in [1.29, 1.82) is 0 Å². The Morgan fingerprint density at radius 2 is 1.68 bits per heavy atom. The molecule has 0 aromatic rings. The van der Waals surface area contributed by atoms with Crippen LogP contribution in [0, 0.1) is 11.8 Å². The average Bonchev–Trinajstić information content (AvgIpc) is 2.89. The molecule has 2 saturated heterocycles. The molecule has 19 heavy (non-hydrogen) atoms. The van der Waals surface area contributed by atoms with E-state index >= 15 is 0 Å². The lowest BCUT2D eigenvalue weighted by atomic mass is 10.00. The second-order valence-corrected chi connectivity index (χ2v) is 7.43. The Bertz CT molecular complexity index is 371. The fourth-order valence-electron chi connectivity index (χ4n) is 2.86. The molecule has 2 aliphatic heterocycles. The first-order chi connectivity index (χ1) is 9.07. The Labute approximate surface area is 115 Å². The minimum Gasteiger partial charge on any atom is -0.396 e. The Morgan fingerprint density at radius 3 is 2.26 bits per heavy atom. The van der Waals surface area contributed by atoms with Gasteiger partial charge in [-0.3, -0.25) is 0 Å². The average molecular weight is 292 g/mol. The molecule has 0 aliphatic carbocycles. The van der Waals surface area contributed by atoms with Crippen LogP contribution in [0.2, 0.25) is 0 Å². The van der Waals surface area contributed by atoms with Gasteiger partial charge >= 0.3 is 0 Å². The van der Waals surface area contributed by atoms with E-state index in [1.165, 1.54) is 0 Å². The summed E-state index contributed by atoms with van der Waals surface area (Å²) in [6, 6.07) is 0. The van der Waals surface area contributed by atoms with Gasteiger partial charge in [0.25, 0.3) is 10.2 Å². The molecule has 2 fully saturated rings. The summed E-state index contributed by atoms with van der Waals surface area (Å²) in [6.07, 6.45) is 2.39. The number of hydrogen-bond acceptors (Lipinski definition) is 4. The molecule has 0 spiro atoms. The maximum atomic E-state index is 12.5. The third kappa shape index (κ3) is 3.46. The van der Waals surface area contributed by atoms with Crippen LogP contribution in [0.4, 0.5) is 0 Å². The second kappa shape index (κ2) is 6.49. The van der Waals surface area contributed by atoms with Gasteiger partial charge in [0.2, 0.25) is 0 Å². The normalized spacial score (nSPS) is 28.0. The molecule has 0 bridgehead atoms. The highest BCUT2D eigenvalue weighted by Crippen LogP contribution is 2.25. The molecule has 112 valence electrons. The minimum absolute atomic E-state index is 0.160. The highest BCUT2D eigenvalue weighted by Gasteiger charge is 2.36. The number of rotatable bonds is 5. The molecule has 1 unspecified atom stereocenters. The van der Waals surface area contributed by atoms with E-state index in [4.69, 9.17) is 9.84 Å². The van der Waals surface area contributed by atoms with Gasteiger partial charge in [-0.2, -0.15) is 17.0 Å². The first kappa shape index (κ1) is 15.2. The van der Waals surface area contributed by atoms with Crippen molar-refractivity contribution in [3.8, 4) is 0 Å². The van der Waals surface area contributed by atoms with Crippen LogP contribution in [0.1, 0.15) is 19.3 Å². The van der Waals surface area contributed by atoms with E-state index in [-0.39, 0.29) is 12.5 Å². The Kier molecular flexibility index (Phi) is 5.19. The van der Waals surface area contributed by atoms with Crippen molar-refractivity contribution in [3.05, 3.63) is 0 Å². The maximum Gasteiger partial charge on any atom is 0.281 e. The summed E-state index contributed by atoms with van der Waals surface area (Å²) >= 11 is 0. The number of ether oxygens (including phenoxy) is 1. The number of aliphatic hydroxyl groups is 1. The van der Waals surface area contributed by atoms with Gasteiger partial charge in [0.1, 0.15) is 0 Å². The summed E-state index contributed by atoms with van der Waals surface area (Å²) in [5, 5.41) is 9.09. The molecule has 0 amide bonds. The van der Waals surface area contributed by atoms with Crippen molar-refractivity contribution in [1.82, 2.24) is 8.61 Å². The Morgan fingerprint density at radius 1 is 1.11 bits per heavy atom. The highest BCUT2D eigenvalue weighted by molar-refractivity contribution is 7.86. The Hall–Kier alpha value is -0.210. The number of nitrogens with zero attached hydrogens (tertiary/aromatic N) is 2. The zero-order chi connectivity index (χ0) is 13.9. The molecule has 2 rings (SSSR count). The zero-order valence-electron chi connectivity index (χ0n) is 11.5. The lowest BCUT2D eigenvalue weighted by molar-refractivity contribution is 0.155. The van der Waals surface area contributed by atoms with Crippen LogP contribution in [0.15, 0.2) is 0 Å². The van der Waals surface area contributed by atoms with Crippen molar-refractivity contribution >= 4 is 10.2 Å². The first-order valence-corrected chi connectivity index (χ1v) is 8.32. The van der Waals surface area contributed by atoms with Crippen molar-refractivity contribution < 1.29 is 18.3 Å². The Balaban J connectivity index is 1.92. The molecule has 0 aromatic heterocycles. The predicted octanol–water partition coefficient (Wildman–Crippen LogP) is -0.0962. The summed E-state index contributed by atoms with van der Waals surface area (Å²) in [5.74, 6) is 0.570. The van der Waals surface area contributed by atoms with Gasteiger partial charge < -0.3 is 9.84 Å². The van der Waals surface area contributed by atoms with Crippen LogP contribution >= 0.6 is 0 Å². The molecule has 0 aromatic carbocycles. The molecular formula is C12H24N2O4S. The summed E-state index contributed by atoms with van der Waals surface area (Å²) in [4.78, 5) is 0. The zero-order valence-corrected chi connectivity index (χ0v) is 12.3. The van der Waals surface area contributed by atoms with Crippen LogP contribution in [0.5, 0.6) is 0 Å². The number of methoxy groups -OCH3 is 1. The van der Waals surface area contributed by atoms with E-state index in [1.54, 1.807) is 15.7 Å². The number of hydrogen-bond donors (Lipinski definition) is 1. The largest absolute Gasteiger partial charge is 0.396 e. The number of aliphatic hydroxyl groups excluding tert-OH is 1. The van der Waals surface area contributed by atoms with E-state index in [9.17, 15) is 8.42 Å². The van der Waals surface area contributed by atoms with Gasteiger partial charge in [-0.1, -0.05) is 0 Å². The highest BCUT2D eigenvalue weighted by atomic mass is 32.2. The summed E-state index contributed by atoms with van der Waals surface area (Å²) in [7, 11) is -1.67. The second-order valence-electron chi connectivity index (χ2n) is 5.50. The maximum absolute atomic E-state index is 12.5. The van der Waals surface area contributed by atoms with Crippen LogP contribution in [-0.4, -0.2) is 68.6 Å². The van der Waals surface area contributed by atoms with E-state index in [1.807, 2.05) is 0 Å². The molecule has 0 saturated carbocycles. The van der Waals surface area contributed by atoms with Crippen molar-refractivity contribution in [2.75, 3.05) is 46.5 Å². The van der Waals surface area contributed by atoms with Crippen molar-refractivity contribution in [2.45, 2.75) is 19.3 Å². The van der Waals surface area contributed by atoms with E-state index in [0.29, 0.717) is 38.7 Å². The van der Waals surface area contributed by atoms with Crippen molar-refractivity contribution in [2.24, 2.45) is 11.8 Å². The molecule has 2 heterocycles. The fourth-order valence-corrected chi connectivity index (χ4v) is 4.60. The topological polar surface area (TPSA) is 70.1 Å². The standard InChI is InChI=1S/C12H24N2O4S/c1-18-10-12-4-7-14(8-12)19(16,17)13-5-2-11(9-15)3-6-13/h11-12,15H,2-10H2,1H3. The van der Waals surface area contributed by atoms with Gasteiger partial charge in [-0.05, 0) is 31.1 Å². The summed E-state index contributed by atoms with van der Waals surface area (Å²) in [6.45, 7) is 3.00. The van der Waals surface area contributed by atoms with Gasteiger partial charge in [0.15, 0.2) is 0 Å². The monoisotopic (exact) mass is 292 g/mol. The third-order valence-electron chi connectivity index (χ3n) is 4.14. The van der Waals surface area contributed by atoms with Crippen molar-refractivity contribution in [3.63, 3.8) is 0 Å². The lowest BCUT2D eigenvalue weighted by Crippen LogP contribution is -2.46. The molecule has 2 aliphatic rings. The van der Waals surface area contributed by atoms with Gasteiger partial charge in [-0.15, -0.1) is 0 Å². The minimum atomic E-state index is -3.32. The fraction of sp³-hybridized carbons (Fsp3) is 1.00. The third-order valence-corrected chi connectivity index (χ3v) is 6.14. The molecule has 1 atom stereocenters. The SMILES string of the molecule is COCC1CCN(S(=O)(=O)N2CCC(CO)CC2)C1. The smallest absolute Gasteiger partial charge is 0.281 e. The van der Waals surface area contributed by atoms with E-state index < -0.39 is 10.2 Å². The predicted molar refractivity (Wildman–Crippen MR) is 71.9 cm³/mol. The molecule has 0 radical (unpaired) electrons. The van der Waals surface area contributed by atoms with E-state index in [2.05, 4.69) is 0 Å². The number of piperidine rings is 1. The molecule has 6 nitrogen and oxygen atoms in total. The van der Waals surface area contributed by atoms with Crippen LogP contribution in [0.3, 0.4) is 0 Å². The molecule has 1 N–H and O–H groups in total. The summed E-state index contributed by atoms with van der Waals surface area (Å²) < 4.78 is 33.2. The van der Waals surface area contributed by atoms with E-state index in [0.717, 1.165) is 19.3 Å². The van der Waals surface area contributed by atoms with Crippen LogP contribution in [-0.2, 0) is 14.9 Å². The molecular weight excluding hydrogens is 268 g/mol. The molecule has 7 heteroatoms. The van der Waals surface area contributed by atoms with Gasteiger partial charge in [0, 0.05) is 39.9 Å². The van der Waals surface area contributed by atoms with Gasteiger partial charge in [0.05, 0.1) is 6.61 Å².